The van der Waals surface area contributed by atoms with Gasteiger partial charge in [0.15, 0.2) is 11.5 Å². The number of carbonyl (C=O) groups excluding carboxylic acids is 2. The van der Waals surface area contributed by atoms with Gasteiger partial charge in [-0.25, -0.2) is 0 Å². The molecule has 2 rings (SSSR count). The molecule has 0 radical (unpaired) electrons. The molecule has 0 heterocycles. The topological polar surface area (TPSA) is 76.7 Å². The van der Waals surface area contributed by atoms with Crippen LogP contribution in [0.2, 0.25) is 0 Å². The molecular weight excluding hydrogens is 356 g/mol. The van der Waals surface area contributed by atoms with Gasteiger partial charge in [0, 0.05) is 23.9 Å². The Kier molecular flexibility index (Phi) is 7.87. The minimum Gasteiger partial charge on any atom is -0.490 e. The van der Waals surface area contributed by atoms with Crippen LogP contribution in [0.1, 0.15) is 53.0 Å². The summed E-state index contributed by atoms with van der Waals surface area (Å²) in [7, 11) is 1.58. The van der Waals surface area contributed by atoms with Gasteiger partial charge in [0.2, 0.25) is 0 Å². The molecule has 0 aliphatic carbocycles. The van der Waals surface area contributed by atoms with Gasteiger partial charge in [-0.2, -0.15) is 0 Å². The summed E-state index contributed by atoms with van der Waals surface area (Å²) in [5, 5.41) is 5.48. The second-order valence-electron chi connectivity index (χ2n) is 6.37. The van der Waals surface area contributed by atoms with Gasteiger partial charge >= 0.3 is 0 Å². The summed E-state index contributed by atoms with van der Waals surface area (Å²) in [6, 6.07) is 10.4. The van der Waals surface area contributed by atoms with Gasteiger partial charge in [0.05, 0.1) is 13.2 Å². The number of amides is 2. The fourth-order valence-electron chi connectivity index (χ4n) is 2.65. The maximum atomic E-state index is 12.8. The van der Waals surface area contributed by atoms with E-state index in [4.69, 9.17) is 9.47 Å². The highest BCUT2D eigenvalue weighted by Gasteiger charge is 2.15. The minimum absolute atomic E-state index is 0.193. The lowest BCUT2D eigenvalue weighted by molar-refractivity contribution is 0.0960. The SMILES string of the molecule is CCCOc1ccc(C(=O)Nc2cccc(C(=O)NC)c2C)cc1OCCC. The van der Waals surface area contributed by atoms with Crippen LogP contribution in [0.15, 0.2) is 36.4 Å². The third kappa shape index (κ3) is 5.25. The van der Waals surface area contributed by atoms with E-state index in [0.29, 0.717) is 47.1 Å². The number of benzene rings is 2. The largest absolute Gasteiger partial charge is 0.490 e. The van der Waals surface area contributed by atoms with E-state index in [1.807, 2.05) is 13.8 Å². The zero-order valence-electron chi connectivity index (χ0n) is 16.9. The monoisotopic (exact) mass is 384 g/mol. The van der Waals surface area contributed by atoms with Crippen molar-refractivity contribution < 1.29 is 19.1 Å². The van der Waals surface area contributed by atoms with Crippen LogP contribution in [-0.2, 0) is 0 Å². The molecule has 0 aromatic heterocycles. The van der Waals surface area contributed by atoms with Crippen molar-refractivity contribution in [2.45, 2.75) is 33.6 Å². The van der Waals surface area contributed by atoms with E-state index in [2.05, 4.69) is 10.6 Å². The van der Waals surface area contributed by atoms with Crippen molar-refractivity contribution >= 4 is 17.5 Å². The average molecular weight is 384 g/mol. The first-order chi connectivity index (χ1) is 13.5. The predicted molar refractivity (Wildman–Crippen MR) is 111 cm³/mol. The molecule has 0 bridgehead atoms. The lowest BCUT2D eigenvalue weighted by atomic mass is 10.1. The minimum atomic E-state index is -0.277. The molecule has 0 fully saturated rings. The van der Waals surface area contributed by atoms with E-state index in [-0.39, 0.29) is 11.8 Å². The highest BCUT2D eigenvalue weighted by molar-refractivity contribution is 6.06. The molecule has 6 heteroatoms. The van der Waals surface area contributed by atoms with Crippen LogP contribution < -0.4 is 20.1 Å². The smallest absolute Gasteiger partial charge is 0.255 e. The highest BCUT2D eigenvalue weighted by atomic mass is 16.5. The summed E-state index contributed by atoms with van der Waals surface area (Å²) in [5.41, 5.74) is 2.28. The molecule has 6 nitrogen and oxygen atoms in total. The normalized spacial score (nSPS) is 10.3. The Bertz CT molecular complexity index is 833. The number of ether oxygens (including phenoxy) is 2. The maximum Gasteiger partial charge on any atom is 0.255 e. The van der Waals surface area contributed by atoms with Crippen LogP contribution in [0.25, 0.3) is 0 Å². The van der Waals surface area contributed by atoms with E-state index < -0.39 is 0 Å². The molecule has 2 aromatic rings. The van der Waals surface area contributed by atoms with E-state index in [9.17, 15) is 9.59 Å². The Hall–Kier alpha value is -3.02. The second-order valence-corrected chi connectivity index (χ2v) is 6.37. The molecule has 0 atom stereocenters. The summed E-state index contributed by atoms with van der Waals surface area (Å²) < 4.78 is 11.5. The van der Waals surface area contributed by atoms with Gasteiger partial charge in [-0.15, -0.1) is 0 Å². The zero-order valence-corrected chi connectivity index (χ0v) is 16.9. The van der Waals surface area contributed by atoms with E-state index >= 15 is 0 Å². The molecule has 0 saturated carbocycles. The number of hydrogen-bond donors (Lipinski definition) is 2. The number of nitrogens with one attached hydrogen (secondary N) is 2. The van der Waals surface area contributed by atoms with Gasteiger partial charge in [0.25, 0.3) is 11.8 Å². The van der Waals surface area contributed by atoms with Crippen molar-refractivity contribution in [3.05, 3.63) is 53.1 Å². The number of rotatable bonds is 9. The first kappa shape index (κ1) is 21.3. The molecule has 2 N–H and O–H groups in total. The predicted octanol–water partition coefficient (Wildman–Crippen LogP) is 4.18. The third-order valence-electron chi connectivity index (χ3n) is 4.18. The van der Waals surface area contributed by atoms with E-state index in [1.165, 1.54) is 0 Å². The Morgan fingerprint density at radius 1 is 0.929 bits per heavy atom. The Labute approximate surface area is 166 Å². The summed E-state index contributed by atoms with van der Waals surface area (Å²) in [5.74, 6) is 0.713. The molecule has 28 heavy (non-hydrogen) atoms. The number of anilines is 1. The van der Waals surface area contributed by atoms with Crippen molar-refractivity contribution in [2.75, 3.05) is 25.6 Å². The van der Waals surface area contributed by atoms with Gasteiger partial charge in [-0.05, 0) is 55.7 Å². The first-order valence-electron chi connectivity index (χ1n) is 9.54. The summed E-state index contributed by atoms with van der Waals surface area (Å²) in [6.07, 6.45) is 1.74. The van der Waals surface area contributed by atoms with Crippen molar-refractivity contribution in [1.29, 1.82) is 0 Å². The van der Waals surface area contributed by atoms with Crippen LogP contribution in [0, 0.1) is 6.92 Å². The number of carbonyl (C=O) groups is 2. The molecule has 0 aliphatic rings. The van der Waals surface area contributed by atoms with Gasteiger partial charge in [-0.1, -0.05) is 19.9 Å². The van der Waals surface area contributed by atoms with Gasteiger partial charge < -0.3 is 20.1 Å². The molecule has 2 amide bonds. The lowest BCUT2D eigenvalue weighted by Gasteiger charge is -2.15. The zero-order chi connectivity index (χ0) is 20.5. The van der Waals surface area contributed by atoms with Crippen molar-refractivity contribution in [3.63, 3.8) is 0 Å². The van der Waals surface area contributed by atoms with Gasteiger partial charge in [0.1, 0.15) is 0 Å². The molecular formula is C22H28N2O4. The average Bonchev–Trinajstić information content (AvgIpc) is 2.71. The van der Waals surface area contributed by atoms with Crippen LogP contribution in [0.5, 0.6) is 11.5 Å². The number of hydrogen-bond acceptors (Lipinski definition) is 4. The Morgan fingerprint density at radius 3 is 2.25 bits per heavy atom. The van der Waals surface area contributed by atoms with Crippen molar-refractivity contribution in [1.82, 2.24) is 5.32 Å². The summed E-state index contributed by atoms with van der Waals surface area (Å²) >= 11 is 0. The standard InChI is InChI=1S/C22H28N2O4/c1-5-12-27-19-11-10-16(14-20(19)28-13-6-2)21(25)24-18-9-7-8-17(15(18)3)22(26)23-4/h7-11,14H,5-6,12-13H2,1-4H3,(H,23,26)(H,24,25). The Balaban J connectivity index is 2.25. The maximum absolute atomic E-state index is 12.8. The van der Waals surface area contributed by atoms with Crippen molar-refractivity contribution in [2.24, 2.45) is 0 Å². The van der Waals surface area contributed by atoms with Crippen LogP contribution >= 0.6 is 0 Å². The lowest BCUT2D eigenvalue weighted by Crippen LogP contribution is -2.20. The molecule has 0 unspecified atom stereocenters. The molecule has 0 aliphatic heterocycles. The second kappa shape index (κ2) is 10.3. The quantitative estimate of drug-likeness (QED) is 0.680. The van der Waals surface area contributed by atoms with E-state index in [0.717, 1.165) is 12.8 Å². The van der Waals surface area contributed by atoms with Gasteiger partial charge in [-0.3, -0.25) is 9.59 Å². The molecule has 150 valence electrons. The van der Waals surface area contributed by atoms with Crippen LogP contribution in [0.4, 0.5) is 5.69 Å². The molecule has 0 saturated heterocycles. The fraction of sp³-hybridized carbons (Fsp3) is 0.364. The van der Waals surface area contributed by atoms with E-state index in [1.54, 1.807) is 50.4 Å². The summed E-state index contributed by atoms with van der Waals surface area (Å²) in [4.78, 5) is 24.7. The molecule has 2 aromatic carbocycles. The highest BCUT2D eigenvalue weighted by Crippen LogP contribution is 2.29. The fourth-order valence-corrected chi connectivity index (χ4v) is 2.65. The molecule has 0 spiro atoms. The third-order valence-corrected chi connectivity index (χ3v) is 4.18. The van der Waals surface area contributed by atoms with Crippen LogP contribution in [0.3, 0.4) is 0 Å². The first-order valence-corrected chi connectivity index (χ1v) is 9.54. The summed E-state index contributed by atoms with van der Waals surface area (Å²) in [6.45, 7) is 6.98. The van der Waals surface area contributed by atoms with Crippen molar-refractivity contribution in [3.8, 4) is 11.5 Å². The Morgan fingerprint density at radius 2 is 1.61 bits per heavy atom. The van der Waals surface area contributed by atoms with Crippen LogP contribution in [-0.4, -0.2) is 32.1 Å².